The first-order chi connectivity index (χ1) is 14.7. The van der Waals surface area contributed by atoms with Gasteiger partial charge in [-0.3, -0.25) is 0 Å². The van der Waals surface area contributed by atoms with Crippen LogP contribution in [0.2, 0.25) is 0 Å². The van der Waals surface area contributed by atoms with Gasteiger partial charge in [-0.1, -0.05) is 49.3 Å². The lowest BCUT2D eigenvalue weighted by atomic mass is 9.68. The molecule has 2 aliphatic rings. The Hall–Kier alpha value is -1.83. The lowest BCUT2D eigenvalue weighted by molar-refractivity contribution is 0.152. The number of allylic oxidation sites excluding steroid dienone is 2. The van der Waals surface area contributed by atoms with Crippen LogP contribution in [0.15, 0.2) is 42.5 Å². The van der Waals surface area contributed by atoms with Gasteiger partial charge in [-0.05, 0) is 99.0 Å². The largest absolute Gasteiger partial charge is 0.494 e. The molecule has 0 spiro atoms. The van der Waals surface area contributed by atoms with Gasteiger partial charge in [0.15, 0.2) is 11.6 Å². The van der Waals surface area contributed by atoms with Crippen LogP contribution in [0, 0.1) is 29.5 Å². The molecule has 0 radical (unpaired) electrons. The van der Waals surface area contributed by atoms with Crippen LogP contribution in [-0.4, -0.2) is 7.11 Å². The van der Waals surface area contributed by atoms with E-state index in [-0.39, 0.29) is 5.82 Å². The van der Waals surface area contributed by atoms with Crippen LogP contribution >= 0.6 is 0 Å². The van der Waals surface area contributed by atoms with Gasteiger partial charge in [0.25, 0.3) is 0 Å². The Morgan fingerprint density at radius 3 is 2.30 bits per heavy atom. The minimum Gasteiger partial charge on any atom is -0.494 e. The SMILES string of the molecule is C/C=C/C1CCC(C2CCC(CCc3ccc4c(F)c(OC)ccc4c3)CC2)CC1. The number of ether oxygens (including phenoxy) is 1. The molecule has 2 saturated carbocycles. The predicted octanol–water partition coefficient (Wildman–Crippen LogP) is 8.11. The van der Waals surface area contributed by atoms with Crippen LogP contribution < -0.4 is 4.74 Å². The summed E-state index contributed by atoms with van der Waals surface area (Å²) < 4.78 is 19.5. The van der Waals surface area contributed by atoms with E-state index in [4.69, 9.17) is 4.74 Å². The molecule has 30 heavy (non-hydrogen) atoms. The van der Waals surface area contributed by atoms with Gasteiger partial charge >= 0.3 is 0 Å². The topological polar surface area (TPSA) is 9.23 Å². The summed E-state index contributed by atoms with van der Waals surface area (Å²) in [6, 6.07) is 9.88. The molecule has 162 valence electrons. The van der Waals surface area contributed by atoms with E-state index >= 15 is 0 Å². The third-order valence-corrected chi connectivity index (χ3v) is 7.88. The second kappa shape index (κ2) is 9.98. The molecule has 0 bridgehead atoms. The average Bonchev–Trinajstić information content (AvgIpc) is 2.79. The van der Waals surface area contributed by atoms with Crippen molar-refractivity contribution in [3.05, 3.63) is 53.9 Å². The van der Waals surface area contributed by atoms with Crippen LogP contribution in [0.5, 0.6) is 5.75 Å². The molecule has 0 unspecified atom stereocenters. The van der Waals surface area contributed by atoms with Gasteiger partial charge in [-0.15, -0.1) is 0 Å². The normalized spacial score (nSPS) is 27.6. The molecule has 1 nitrogen and oxygen atoms in total. The van der Waals surface area contributed by atoms with E-state index in [0.717, 1.165) is 35.5 Å². The predicted molar refractivity (Wildman–Crippen MR) is 124 cm³/mol. The van der Waals surface area contributed by atoms with Gasteiger partial charge in [-0.2, -0.15) is 0 Å². The van der Waals surface area contributed by atoms with Crippen molar-refractivity contribution in [3.63, 3.8) is 0 Å². The highest BCUT2D eigenvalue weighted by Crippen LogP contribution is 2.42. The fraction of sp³-hybridized carbons (Fsp3) is 0.571. The van der Waals surface area contributed by atoms with Crippen molar-refractivity contribution < 1.29 is 9.13 Å². The van der Waals surface area contributed by atoms with Gasteiger partial charge < -0.3 is 4.74 Å². The molecule has 2 heteroatoms. The van der Waals surface area contributed by atoms with E-state index in [1.54, 1.807) is 6.07 Å². The van der Waals surface area contributed by atoms with Crippen molar-refractivity contribution >= 4 is 10.8 Å². The summed E-state index contributed by atoms with van der Waals surface area (Å²) in [5.74, 6) is 3.75. The quantitative estimate of drug-likeness (QED) is 0.439. The van der Waals surface area contributed by atoms with E-state index in [1.807, 2.05) is 12.1 Å². The van der Waals surface area contributed by atoms with Gasteiger partial charge in [0.2, 0.25) is 0 Å². The molecular weight excluding hydrogens is 371 g/mol. The lowest BCUT2D eigenvalue weighted by Crippen LogP contribution is -2.25. The number of hydrogen-bond acceptors (Lipinski definition) is 1. The molecule has 0 atom stereocenters. The maximum Gasteiger partial charge on any atom is 0.172 e. The fourth-order valence-electron chi connectivity index (χ4n) is 6.03. The molecule has 0 saturated heterocycles. The summed E-state index contributed by atoms with van der Waals surface area (Å²) in [6.07, 6.45) is 18.4. The number of aryl methyl sites for hydroxylation is 1. The molecule has 0 aromatic heterocycles. The van der Waals surface area contributed by atoms with Crippen molar-refractivity contribution in [2.45, 2.75) is 71.1 Å². The van der Waals surface area contributed by atoms with Crippen molar-refractivity contribution in [2.75, 3.05) is 7.11 Å². The fourth-order valence-corrected chi connectivity index (χ4v) is 6.03. The molecule has 2 fully saturated rings. The smallest absolute Gasteiger partial charge is 0.172 e. The van der Waals surface area contributed by atoms with E-state index < -0.39 is 0 Å². The standard InChI is InChI=1S/C28H37FO/c1-3-4-20-7-12-23(13-8-20)24-14-9-21(10-15-24)5-6-22-11-17-26-25(19-22)16-18-27(30-2)28(26)29/h3-4,11,16-21,23-24H,5-10,12-15H2,1-2H3/b4-3+. The average molecular weight is 409 g/mol. The first-order valence-corrected chi connectivity index (χ1v) is 12.1. The Morgan fingerprint density at radius 1 is 0.933 bits per heavy atom. The van der Waals surface area contributed by atoms with Gasteiger partial charge in [0, 0.05) is 5.39 Å². The first kappa shape index (κ1) is 21.4. The Kier molecular flexibility index (Phi) is 7.12. The van der Waals surface area contributed by atoms with Crippen LogP contribution in [0.25, 0.3) is 10.8 Å². The molecule has 0 amide bonds. The van der Waals surface area contributed by atoms with E-state index in [2.05, 4.69) is 31.2 Å². The third-order valence-electron chi connectivity index (χ3n) is 7.88. The number of hydrogen-bond donors (Lipinski definition) is 0. The van der Waals surface area contributed by atoms with E-state index in [9.17, 15) is 4.39 Å². The minimum atomic E-state index is -0.250. The number of benzene rings is 2. The number of fused-ring (bicyclic) bond motifs is 1. The van der Waals surface area contributed by atoms with Gasteiger partial charge in [0.05, 0.1) is 7.11 Å². The lowest BCUT2D eigenvalue weighted by Gasteiger charge is -2.37. The van der Waals surface area contributed by atoms with Crippen LogP contribution in [0.1, 0.15) is 70.3 Å². The highest BCUT2D eigenvalue weighted by molar-refractivity contribution is 5.85. The number of rotatable bonds is 6. The minimum absolute atomic E-state index is 0.250. The molecule has 0 N–H and O–H groups in total. The zero-order valence-electron chi connectivity index (χ0n) is 18.7. The van der Waals surface area contributed by atoms with Gasteiger partial charge in [-0.25, -0.2) is 4.39 Å². The highest BCUT2D eigenvalue weighted by Gasteiger charge is 2.30. The monoisotopic (exact) mass is 408 g/mol. The maximum atomic E-state index is 14.4. The maximum absolute atomic E-state index is 14.4. The first-order valence-electron chi connectivity index (χ1n) is 12.1. The molecule has 2 aliphatic carbocycles. The molecule has 0 aliphatic heterocycles. The summed E-state index contributed by atoms with van der Waals surface area (Å²) in [4.78, 5) is 0. The Labute approximate surface area is 181 Å². The van der Waals surface area contributed by atoms with Crippen LogP contribution in [0.4, 0.5) is 4.39 Å². The summed E-state index contributed by atoms with van der Waals surface area (Å²) >= 11 is 0. The summed E-state index contributed by atoms with van der Waals surface area (Å²) in [7, 11) is 1.52. The number of methoxy groups -OCH3 is 1. The highest BCUT2D eigenvalue weighted by atomic mass is 19.1. The molecule has 4 rings (SSSR count). The Balaban J connectivity index is 1.26. The number of halogens is 1. The molecular formula is C28H37FO. The van der Waals surface area contributed by atoms with Crippen molar-refractivity contribution in [1.29, 1.82) is 0 Å². The summed E-state index contributed by atoms with van der Waals surface area (Å²) in [5, 5.41) is 1.63. The molecule has 2 aromatic carbocycles. The second-order valence-corrected chi connectivity index (χ2v) is 9.66. The van der Waals surface area contributed by atoms with Crippen LogP contribution in [-0.2, 0) is 6.42 Å². The third kappa shape index (κ3) is 4.90. The van der Waals surface area contributed by atoms with E-state index in [0.29, 0.717) is 11.1 Å². The van der Waals surface area contributed by atoms with E-state index in [1.165, 1.54) is 70.5 Å². The summed E-state index contributed by atoms with van der Waals surface area (Å²) in [5.41, 5.74) is 1.33. The van der Waals surface area contributed by atoms with Crippen molar-refractivity contribution in [3.8, 4) is 5.75 Å². The zero-order valence-corrected chi connectivity index (χ0v) is 18.7. The molecule has 2 aromatic rings. The second-order valence-electron chi connectivity index (χ2n) is 9.66. The van der Waals surface area contributed by atoms with Crippen LogP contribution in [0.3, 0.4) is 0 Å². The zero-order chi connectivity index (χ0) is 20.9. The molecule has 0 heterocycles. The van der Waals surface area contributed by atoms with Crippen molar-refractivity contribution in [1.82, 2.24) is 0 Å². The van der Waals surface area contributed by atoms with Crippen molar-refractivity contribution in [2.24, 2.45) is 23.7 Å². The van der Waals surface area contributed by atoms with Gasteiger partial charge in [0.1, 0.15) is 0 Å². The summed E-state index contributed by atoms with van der Waals surface area (Å²) in [6.45, 7) is 2.15. The Bertz CT molecular complexity index is 854. The Morgan fingerprint density at radius 2 is 1.63 bits per heavy atom.